The Balaban J connectivity index is 1.71. The number of rotatable bonds is 6. The smallest absolute Gasteiger partial charge is 0.268 e. The van der Waals surface area contributed by atoms with Crippen molar-refractivity contribution < 1.29 is 0 Å². The molecule has 0 amide bonds. The van der Waals surface area contributed by atoms with Gasteiger partial charge in [-0.05, 0) is 41.8 Å². The standard InChI is InChI=1S/C24H20Cl2N4O/c1-16-10-11-22-29-23(28-13-18-7-3-5-9-21(18)26)19(24(31)30(22)15-16)14-27-12-17-6-2-4-8-20(17)25/h2-11,14-15,28H,12-13H2,1H3. The van der Waals surface area contributed by atoms with E-state index in [4.69, 9.17) is 23.2 Å². The van der Waals surface area contributed by atoms with Gasteiger partial charge in [0.25, 0.3) is 5.56 Å². The number of aromatic nitrogens is 2. The summed E-state index contributed by atoms with van der Waals surface area (Å²) in [6, 6.07) is 18.8. The molecule has 5 nitrogen and oxygen atoms in total. The molecule has 1 N–H and O–H groups in total. The van der Waals surface area contributed by atoms with Crippen LogP contribution in [0.15, 0.2) is 76.6 Å². The van der Waals surface area contributed by atoms with Crippen LogP contribution in [-0.2, 0) is 13.1 Å². The van der Waals surface area contributed by atoms with E-state index in [0.717, 1.165) is 16.7 Å². The number of aryl methyl sites for hydroxylation is 1. The fraction of sp³-hybridized carbons (Fsp3) is 0.125. The number of halogens is 2. The molecule has 0 aliphatic carbocycles. The van der Waals surface area contributed by atoms with Gasteiger partial charge in [-0.1, -0.05) is 65.7 Å². The molecule has 4 rings (SSSR count). The maximum absolute atomic E-state index is 13.2. The Morgan fingerprint density at radius 1 is 1.00 bits per heavy atom. The Hall–Kier alpha value is -3.15. The number of fused-ring (bicyclic) bond motifs is 1. The van der Waals surface area contributed by atoms with Gasteiger partial charge in [0.15, 0.2) is 0 Å². The van der Waals surface area contributed by atoms with Crippen molar-refractivity contribution >= 4 is 40.9 Å². The molecule has 4 aromatic rings. The van der Waals surface area contributed by atoms with Crippen molar-refractivity contribution in [2.75, 3.05) is 5.32 Å². The summed E-state index contributed by atoms with van der Waals surface area (Å²) in [7, 11) is 0. The molecule has 0 aliphatic heterocycles. The third-order valence-corrected chi connectivity index (χ3v) is 5.59. The second-order valence-corrected chi connectivity index (χ2v) is 7.93. The zero-order valence-corrected chi connectivity index (χ0v) is 18.4. The van der Waals surface area contributed by atoms with Gasteiger partial charge in [0.05, 0.1) is 6.54 Å². The summed E-state index contributed by atoms with van der Waals surface area (Å²) in [5.74, 6) is 0.455. The molecule has 0 bridgehead atoms. The van der Waals surface area contributed by atoms with E-state index in [2.05, 4.69) is 15.3 Å². The van der Waals surface area contributed by atoms with Crippen LogP contribution in [0, 0.1) is 6.92 Å². The predicted molar refractivity (Wildman–Crippen MR) is 128 cm³/mol. The number of nitrogens with one attached hydrogen (secondary N) is 1. The number of nitrogens with zero attached hydrogens (tertiary/aromatic N) is 3. The van der Waals surface area contributed by atoms with Crippen LogP contribution in [0.1, 0.15) is 22.3 Å². The average molecular weight is 451 g/mol. The molecule has 0 radical (unpaired) electrons. The first-order chi connectivity index (χ1) is 15.0. The normalized spacial score (nSPS) is 11.3. The molecule has 0 spiro atoms. The Morgan fingerprint density at radius 2 is 1.68 bits per heavy atom. The van der Waals surface area contributed by atoms with Crippen LogP contribution < -0.4 is 10.9 Å². The zero-order chi connectivity index (χ0) is 21.8. The molecule has 0 fully saturated rings. The van der Waals surface area contributed by atoms with Gasteiger partial charge in [0.1, 0.15) is 17.0 Å². The molecule has 156 valence electrons. The topological polar surface area (TPSA) is 58.8 Å². The molecule has 0 atom stereocenters. The first-order valence-corrected chi connectivity index (χ1v) is 10.5. The quantitative estimate of drug-likeness (QED) is 0.392. The number of hydrogen-bond acceptors (Lipinski definition) is 4. The summed E-state index contributed by atoms with van der Waals surface area (Å²) in [5, 5.41) is 4.54. The molecule has 0 unspecified atom stereocenters. The van der Waals surface area contributed by atoms with E-state index in [0.29, 0.717) is 40.2 Å². The molecule has 0 saturated heterocycles. The third kappa shape index (κ3) is 4.79. The van der Waals surface area contributed by atoms with Gasteiger partial charge in [-0.15, -0.1) is 0 Å². The van der Waals surface area contributed by atoms with Gasteiger partial charge >= 0.3 is 0 Å². The lowest BCUT2D eigenvalue weighted by Gasteiger charge is -2.12. The van der Waals surface area contributed by atoms with Crippen LogP contribution in [0.4, 0.5) is 5.82 Å². The lowest BCUT2D eigenvalue weighted by molar-refractivity contribution is 1.01. The lowest BCUT2D eigenvalue weighted by atomic mass is 10.2. The van der Waals surface area contributed by atoms with Crippen molar-refractivity contribution in [1.29, 1.82) is 0 Å². The number of hydrogen-bond donors (Lipinski definition) is 1. The summed E-state index contributed by atoms with van der Waals surface area (Å²) in [5.41, 5.74) is 3.50. The molecule has 2 aromatic heterocycles. The van der Waals surface area contributed by atoms with Crippen molar-refractivity contribution in [2.24, 2.45) is 4.99 Å². The number of benzene rings is 2. The molecule has 31 heavy (non-hydrogen) atoms. The molecule has 2 heterocycles. The minimum atomic E-state index is -0.196. The summed E-state index contributed by atoms with van der Waals surface area (Å²) in [4.78, 5) is 22.4. The first-order valence-electron chi connectivity index (χ1n) is 9.76. The maximum Gasteiger partial charge on any atom is 0.268 e. The largest absolute Gasteiger partial charge is 0.365 e. The van der Waals surface area contributed by atoms with Gasteiger partial charge in [-0.25, -0.2) is 4.98 Å². The van der Waals surface area contributed by atoms with Crippen LogP contribution in [0.2, 0.25) is 10.0 Å². The summed E-state index contributed by atoms with van der Waals surface area (Å²) >= 11 is 12.5. The lowest BCUT2D eigenvalue weighted by Crippen LogP contribution is -2.22. The van der Waals surface area contributed by atoms with E-state index in [9.17, 15) is 4.79 Å². The van der Waals surface area contributed by atoms with E-state index < -0.39 is 0 Å². The Kier molecular flexibility index (Phi) is 6.35. The van der Waals surface area contributed by atoms with Crippen LogP contribution in [-0.4, -0.2) is 15.6 Å². The van der Waals surface area contributed by atoms with Crippen molar-refractivity contribution in [3.8, 4) is 0 Å². The van der Waals surface area contributed by atoms with E-state index in [1.807, 2.05) is 67.6 Å². The fourth-order valence-corrected chi connectivity index (χ4v) is 3.59. The Morgan fingerprint density at radius 3 is 2.39 bits per heavy atom. The molecule has 7 heteroatoms. The third-order valence-electron chi connectivity index (χ3n) is 4.85. The number of aliphatic imine (C=N–C) groups is 1. The molecular formula is C24H20Cl2N4O. The van der Waals surface area contributed by atoms with E-state index in [1.165, 1.54) is 4.40 Å². The summed E-state index contributed by atoms with van der Waals surface area (Å²) in [6.07, 6.45) is 3.33. The van der Waals surface area contributed by atoms with Gasteiger partial charge in [-0.2, -0.15) is 0 Å². The van der Waals surface area contributed by atoms with Gasteiger partial charge in [0.2, 0.25) is 0 Å². The van der Waals surface area contributed by atoms with Gasteiger partial charge < -0.3 is 5.32 Å². The second-order valence-electron chi connectivity index (χ2n) is 7.12. The molecule has 2 aromatic carbocycles. The summed E-state index contributed by atoms with van der Waals surface area (Å²) < 4.78 is 1.53. The predicted octanol–water partition coefficient (Wildman–Crippen LogP) is 5.54. The maximum atomic E-state index is 13.2. The minimum absolute atomic E-state index is 0.196. The van der Waals surface area contributed by atoms with Gasteiger partial charge in [-0.3, -0.25) is 14.2 Å². The van der Waals surface area contributed by atoms with E-state index in [-0.39, 0.29) is 5.56 Å². The highest BCUT2D eigenvalue weighted by Gasteiger charge is 2.12. The molecular weight excluding hydrogens is 431 g/mol. The minimum Gasteiger partial charge on any atom is -0.365 e. The van der Waals surface area contributed by atoms with E-state index in [1.54, 1.807) is 12.4 Å². The van der Waals surface area contributed by atoms with Crippen molar-refractivity contribution in [1.82, 2.24) is 9.38 Å². The highest BCUT2D eigenvalue weighted by molar-refractivity contribution is 6.31. The highest BCUT2D eigenvalue weighted by atomic mass is 35.5. The zero-order valence-electron chi connectivity index (χ0n) is 16.8. The SMILES string of the molecule is Cc1ccc2nc(NCc3ccccc3Cl)c(C=NCc3ccccc3Cl)c(=O)n2c1. The average Bonchev–Trinajstić information content (AvgIpc) is 2.76. The van der Waals surface area contributed by atoms with Crippen LogP contribution in [0.3, 0.4) is 0 Å². The molecule has 0 saturated carbocycles. The first kappa shape index (κ1) is 21.1. The van der Waals surface area contributed by atoms with Gasteiger partial charge in [0, 0.05) is 29.0 Å². The summed E-state index contributed by atoms with van der Waals surface area (Å²) in [6.45, 7) is 2.72. The number of pyridine rings is 1. The highest BCUT2D eigenvalue weighted by Crippen LogP contribution is 2.18. The number of anilines is 1. The van der Waals surface area contributed by atoms with Crippen LogP contribution >= 0.6 is 23.2 Å². The fourth-order valence-electron chi connectivity index (χ4n) is 3.19. The van der Waals surface area contributed by atoms with Crippen LogP contribution in [0.5, 0.6) is 0 Å². The van der Waals surface area contributed by atoms with Crippen LogP contribution in [0.25, 0.3) is 5.65 Å². The van der Waals surface area contributed by atoms with Crippen molar-refractivity contribution in [3.63, 3.8) is 0 Å². The molecule has 0 aliphatic rings. The van der Waals surface area contributed by atoms with Crippen molar-refractivity contribution in [2.45, 2.75) is 20.0 Å². The Labute approximate surface area is 190 Å². The monoisotopic (exact) mass is 450 g/mol. The van der Waals surface area contributed by atoms with E-state index >= 15 is 0 Å². The van der Waals surface area contributed by atoms with Crippen molar-refractivity contribution in [3.05, 3.63) is 110 Å². The Bertz CT molecular complexity index is 1330. The second kappa shape index (κ2) is 9.33.